The molecule has 0 bridgehead atoms. The van der Waals surface area contributed by atoms with E-state index in [9.17, 15) is 22.8 Å². The van der Waals surface area contributed by atoms with Crippen molar-refractivity contribution in [3.8, 4) is 0 Å². The third-order valence-corrected chi connectivity index (χ3v) is 2.57. The van der Waals surface area contributed by atoms with Gasteiger partial charge in [-0.25, -0.2) is 13.2 Å². The maximum absolute atomic E-state index is 13.4. The van der Waals surface area contributed by atoms with Gasteiger partial charge in [-0.15, -0.1) is 0 Å². The molecular formula is C12H12F3NO3. The Hall–Kier alpha value is -2.05. The molecule has 0 radical (unpaired) electrons. The Kier molecular flexibility index (Phi) is 5.35. The highest BCUT2D eigenvalue weighted by Crippen LogP contribution is 2.16. The number of amides is 1. The van der Waals surface area contributed by atoms with Crippen molar-refractivity contribution < 1.29 is 27.9 Å². The van der Waals surface area contributed by atoms with E-state index in [1.165, 1.54) is 0 Å². The molecule has 0 aromatic heterocycles. The molecule has 0 saturated carbocycles. The van der Waals surface area contributed by atoms with Gasteiger partial charge in [0.05, 0.1) is 0 Å². The van der Waals surface area contributed by atoms with E-state index in [0.717, 1.165) is 0 Å². The lowest BCUT2D eigenvalue weighted by atomic mass is 10.0. The minimum absolute atomic E-state index is 0.0620. The van der Waals surface area contributed by atoms with Gasteiger partial charge in [0.2, 0.25) is 6.41 Å². The monoisotopic (exact) mass is 275 g/mol. The zero-order valence-corrected chi connectivity index (χ0v) is 9.83. The smallest absolute Gasteiger partial charge is 0.303 e. The molecule has 0 aliphatic rings. The van der Waals surface area contributed by atoms with E-state index >= 15 is 0 Å². The molecule has 1 atom stereocenters. The van der Waals surface area contributed by atoms with E-state index in [1.807, 2.05) is 0 Å². The number of carbonyl (C=O) groups excluding carboxylic acids is 1. The molecule has 104 valence electrons. The van der Waals surface area contributed by atoms with E-state index in [-0.39, 0.29) is 24.8 Å². The van der Waals surface area contributed by atoms with Gasteiger partial charge in [-0.3, -0.25) is 9.59 Å². The van der Waals surface area contributed by atoms with Crippen molar-refractivity contribution in [3.63, 3.8) is 0 Å². The number of hydrogen-bond donors (Lipinski definition) is 2. The Morgan fingerprint density at radius 3 is 2.47 bits per heavy atom. The summed E-state index contributed by atoms with van der Waals surface area (Å²) in [6.07, 6.45) is 0.0721. The van der Waals surface area contributed by atoms with Crippen molar-refractivity contribution in [2.24, 2.45) is 0 Å². The maximum atomic E-state index is 13.4. The van der Waals surface area contributed by atoms with Crippen LogP contribution in [-0.2, 0) is 16.0 Å². The van der Waals surface area contributed by atoms with E-state index in [1.54, 1.807) is 0 Å². The van der Waals surface area contributed by atoms with Crippen LogP contribution in [0.15, 0.2) is 12.1 Å². The molecule has 2 N–H and O–H groups in total. The van der Waals surface area contributed by atoms with Crippen LogP contribution in [-0.4, -0.2) is 23.5 Å². The first-order valence-electron chi connectivity index (χ1n) is 5.49. The van der Waals surface area contributed by atoms with Crippen LogP contribution in [0.25, 0.3) is 0 Å². The SMILES string of the molecule is O=CNC(CCC(=O)O)Cc1cc(F)c(F)cc1F. The van der Waals surface area contributed by atoms with E-state index in [0.29, 0.717) is 18.5 Å². The summed E-state index contributed by atoms with van der Waals surface area (Å²) >= 11 is 0. The Morgan fingerprint density at radius 1 is 1.26 bits per heavy atom. The van der Waals surface area contributed by atoms with Gasteiger partial charge in [0.25, 0.3) is 0 Å². The number of rotatable bonds is 7. The Bertz CT molecular complexity index is 480. The number of hydrogen-bond acceptors (Lipinski definition) is 2. The molecule has 0 aliphatic heterocycles. The minimum Gasteiger partial charge on any atom is -0.481 e. The highest BCUT2D eigenvalue weighted by Gasteiger charge is 2.16. The second-order valence-electron chi connectivity index (χ2n) is 3.98. The number of nitrogens with one attached hydrogen (secondary N) is 1. The lowest BCUT2D eigenvalue weighted by Crippen LogP contribution is -2.31. The molecule has 4 nitrogen and oxygen atoms in total. The van der Waals surface area contributed by atoms with Crippen LogP contribution in [0.2, 0.25) is 0 Å². The molecule has 0 spiro atoms. The third kappa shape index (κ3) is 4.61. The van der Waals surface area contributed by atoms with Gasteiger partial charge in [-0.1, -0.05) is 0 Å². The van der Waals surface area contributed by atoms with Crippen LogP contribution in [0.5, 0.6) is 0 Å². The topological polar surface area (TPSA) is 66.4 Å². The van der Waals surface area contributed by atoms with Gasteiger partial charge in [-0.05, 0) is 24.5 Å². The van der Waals surface area contributed by atoms with Crippen molar-refractivity contribution in [2.75, 3.05) is 0 Å². The number of carboxylic acid groups (broad SMARTS) is 1. The zero-order chi connectivity index (χ0) is 14.4. The standard InChI is InChI=1S/C12H12F3NO3/c13-9-5-11(15)10(14)4-7(9)3-8(16-6-17)1-2-12(18)19/h4-6,8H,1-3H2,(H,16,17)(H,18,19). The summed E-state index contributed by atoms with van der Waals surface area (Å²) in [4.78, 5) is 20.8. The Morgan fingerprint density at radius 2 is 1.89 bits per heavy atom. The fourth-order valence-electron chi connectivity index (χ4n) is 1.62. The van der Waals surface area contributed by atoms with Gasteiger partial charge in [0.1, 0.15) is 5.82 Å². The third-order valence-electron chi connectivity index (χ3n) is 2.57. The van der Waals surface area contributed by atoms with Gasteiger partial charge in [-0.2, -0.15) is 0 Å². The van der Waals surface area contributed by atoms with Crippen LogP contribution >= 0.6 is 0 Å². The van der Waals surface area contributed by atoms with Crippen LogP contribution in [0.3, 0.4) is 0 Å². The van der Waals surface area contributed by atoms with E-state index < -0.39 is 29.5 Å². The van der Waals surface area contributed by atoms with Crippen LogP contribution in [0, 0.1) is 17.5 Å². The summed E-state index contributed by atoms with van der Waals surface area (Å²) in [5.74, 6) is -4.50. The molecule has 1 amide bonds. The van der Waals surface area contributed by atoms with Crippen molar-refractivity contribution in [1.82, 2.24) is 5.32 Å². The predicted molar refractivity (Wildman–Crippen MR) is 59.9 cm³/mol. The summed E-state index contributed by atoms with van der Waals surface area (Å²) < 4.78 is 39.1. The normalized spacial score (nSPS) is 11.9. The van der Waals surface area contributed by atoms with Crippen molar-refractivity contribution >= 4 is 12.4 Å². The summed E-state index contributed by atoms with van der Waals surface area (Å²) in [5, 5.41) is 10.9. The highest BCUT2D eigenvalue weighted by molar-refractivity contribution is 5.66. The second kappa shape index (κ2) is 6.77. The van der Waals surface area contributed by atoms with Crippen molar-refractivity contribution in [3.05, 3.63) is 35.1 Å². The van der Waals surface area contributed by atoms with Gasteiger partial charge in [0.15, 0.2) is 11.6 Å². The summed E-state index contributed by atoms with van der Waals surface area (Å²) in [6, 6.07) is 0.457. The number of aliphatic carboxylic acids is 1. The Labute approximate surface area is 107 Å². The predicted octanol–water partition coefficient (Wildman–Crippen LogP) is 1.63. The van der Waals surface area contributed by atoms with Crippen LogP contribution in [0.1, 0.15) is 18.4 Å². The van der Waals surface area contributed by atoms with Crippen molar-refractivity contribution in [1.29, 1.82) is 0 Å². The molecule has 1 rings (SSSR count). The molecule has 1 aromatic rings. The first kappa shape index (κ1) is 15.0. The molecule has 0 fully saturated rings. The average Bonchev–Trinajstić information content (AvgIpc) is 2.33. The fraction of sp³-hybridized carbons (Fsp3) is 0.333. The molecule has 19 heavy (non-hydrogen) atoms. The van der Waals surface area contributed by atoms with Gasteiger partial charge in [0, 0.05) is 18.5 Å². The number of carboxylic acids is 1. The quantitative estimate of drug-likeness (QED) is 0.587. The molecule has 1 aromatic carbocycles. The van der Waals surface area contributed by atoms with Crippen molar-refractivity contribution in [2.45, 2.75) is 25.3 Å². The molecule has 1 unspecified atom stereocenters. The molecular weight excluding hydrogens is 263 g/mol. The summed E-state index contributed by atoms with van der Waals surface area (Å²) in [5.41, 5.74) is -0.122. The summed E-state index contributed by atoms with van der Waals surface area (Å²) in [6.45, 7) is 0. The zero-order valence-electron chi connectivity index (χ0n) is 9.83. The van der Waals surface area contributed by atoms with Gasteiger partial charge >= 0.3 is 5.97 Å². The lowest BCUT2D eigenvalue weighted by molar-refractivity contribution is -0.137. The number of halogens is 3. The number of carbonyl (C=O) groups is 2. The first-order chi connectivity index (χ1) is 8.93. The average molecular weight is 275 g/mol. The fourth-order valence-corrected chi connectivity index (χ4v) is 1.62. The molecule has 0 heterocycles. The van der Waals surface area contributed by atoms with E-state index in [2.05, 4.69) is 5.32 Å². The largest absolute Gasteiger partial charge is 0.481 e. The van der Waals surface area contributed by atoms with Crippen LogP contribution in [0.4, 0.5) is 13.2 Å². The number of benzene rings is 1. The Balaban J connectivity index is 2.80. The molecule has 0 saturated heterocycles. The highest BCUT2D eigenvalue weighted by atomic mass is 19.2. The maximum Gasteiger partial charge on any atom is 0.303 e. The van der Waals surface area contributed by atoms with Gasteiger partial charge < -0.3 is 10.4 Å². The lowest BCUT2D eigenvalue weighted by Gasteiger charge is -2.15. The second-order valence-corrected chi connectivity index (χ2v) is 3.98. The molecule has 0 aliphatic carbocycles. The molecule has 7 heteroatoms. The summed E-state index contributed by atoms with van der Waals surface area (Å²) in [7, 11) is 0. The minimum atomic E-state index is -1.30. The van der Waals surface area contributed by atoms with E-state index in [4.69, 9.17) is 5.11 Å². The first-order valence-corrected chi connectivity index (χ1v) is 5.49. The van der Waals surface area contributed by atoms with Crippen LogP contribution < -0.4 is 5.32 Å².